The van der Waals surface area contributed by atoms with Gasteiger partial charge in [-0.15, -0.1) is 11.3 Å². The van der Waals surface area contributed by atoms with Gasteiger partial charge in [-0.05, 0) is 93.7 Å². The lowest BCUT2D eigenvalue weighted by molar-refractivity contribution is 0.479. The second-order valence-corrected chi connectivity index (χ2v) is 21.1. The Morgan fingerprint density at radius 2 is 1.15 bits per heavy atom. The highest BCUT2D eigenvalue weighted by atomic mass is 32.1. The normalized spacial score (nSPS) is 13.0. The SMILES string of the molecule is CC(C)(C)c1cc(Oc2ccc3c4c5sc6ccccc6c5ccc4n(-c4cc(C(C)(C)C)ccn4)c3c2)cc(N2CN(c3c(-c4ccccc4)cccc3-c3ccccc3)c3ccccc32)c1. The van der Waals surface area contributed by atoms with Crippen molar-refractivity contribution in [3.8, 4) is 39.6 Å². The van der Waals surface area contributed by atoms with Crippen LogP contribution in [0.5, 0.6) is 11.5 Å². The second-order valence-electron chi connectivity index (χ2n) is 20.1. The van der Waals surface area contributed by atoms with E-state index in [0.717, 1.165) is 45.4 Å². The molecule has 332 valence electrons. The van der Waals surface area contributed by atoms with Crippen molar-refractivity contribution in [3.63, 3.8) is 0 Å². The van der Waals surface area contributed by atoms with Crippen molar-refractivity contribution in [3.05, 3.63) is 205 Å². The molecule has 0 bridgehead atoms. The van der Waals surface area contributed by atoms with Crippen molar-refractivity contribution in [1.29, 1.82) is 0 Å². The van der Waals surface area contributed by atoms with E-state index in [2.05, 4.69) is 244 Å². The van der Waals surface area contributed by atoms with E-state index in [9.17, 15) is 0 Å². The van der Waals surface area contributed by atoms with Crippen molar-refractivity contribution in [1.82, 2.24) is 9.55 Å². The van der Waals surface area contributed by atoms with Gasteiger partial charge in [0.05, 0.1) is 28.1 Å². The number of hydrogen-bond donors (Lipinski definition) is 0. The molecule has 68 heavy (non-hydrogen) atoms. The maximum atomic E-state index is 7.10. The topological polar surface area (TPSA) is 33.5 Å². The molecule has 12 rings (SSSR count). The van der Waals surface area contributed by atoms with E-state index in [0.29, 0.717) is 6.67 Å². The Labute approximate surface area is 402 Å². The molecule has 0 amide bonds. The molecular weight excluding hydrogens is 849 g/mol. The first-order valence-corrected chi connectivity index (χ1v) is 24.4. The number of aromatic nitrogens is 2. The lowest BCUT2D eigenvalue weighted by Gasteiger charge is -2.28. The van der Waals surface area contributed by atoms with Gasteiger partial charge in [0.15, 0.2) is 0 Å². The van der Waals surface area contributed by atoms with E-state index in [1.165, 1.54) is 70.0 Å². The number of pyridine rings is 1. The van der Waals surface area contributed by atoms with Gasteiger partial charge < -0.3 is 14.5 Å². The summed E-state index contributed by atoms with van der Waals surface area (Å²) in [6.07, 6.45) is 1.95. The van der Waals surface area contributed by atoms with Crippen LogP contribution in [-0.4, -0.2) is 16.2 Å². The molecule has 1 aliphatic rings. The van der Waals surface area contributed by atoms with E-state index in [1.807, 2.05) is 17.5 Å². The number of thiophene rings is 1. The molecule has 11 aromatic rings. The van der Waals surface area contributed by atoms with Crippen LogP contribution < -0.4 is 14.5 Å². The molecule has 0 N–H and O–H groups in total. The Kier molecular flexibility index (Phi) is 9.82. The van der Waals surface area contributed by atoms with Crippen LogP contribution in [0.4, 0.5) is 22.7 Å². The first-order valence-electron chi connectivity index (χ1n) is 23.5. The predicted octanol–water partition coefficient (Wildman–Crippen LogP) is 17.5. The summed E-state index contributed by atoms with van der Waals surface area (Å²) in [5, 5.41) is 4.99. The average Bonchev–Trinajstić information content (AvgIpc) is 4.03. The monoisotopic (exact) mass is 900 g/mol. The Balaban J connectivity index is 0.998. The first-order chi connectivity index (χ1) is 33.0. The summed E-state index contributed by atoms with van der Waals surface area (Å²) >= 11 is 1.87. The number of rotatable bonds is 7. The van der Waals surface area contributed by atoms with Gasteiger partial charge in [-0.1, -0.05) is 157 Å². The van der Waals surface area contributed by atoms with Crippen LogP contribution in [-0.2, 0) is 10.8 Å². The summed E-state index contributed by atoms with van der Waals surface area (Å²) in [4.78, 5) is 9.97. The van der Waals surface area contributed by atoms with Crippen molar-refractivity contribution in [2.45, 2.75) is 52.4 Å². The maximum Gasteiger partial charge on any atom is 0.137 e. The second kappa shape index (κ2) is 16.0. The minimum absolute atomic E-state index is 0.0401. The fraction of sp³-hybridized carbons (Fsp3) is 0.145. The Morgan fingerprint density at radius 3 is 1.85 bits per heavy atom. The number of benzene rings is 8. The minimum atomic E-state index is -0.150. The largest absolute Gasteiger partial charge is 0.457 e. The number of nitrogens with zero attached hydrogens (tertiary/aromatic N) is 4. The molecule has 0 unspecified atom stereocenters. The molecule has 1 aliphatic heterocycles. The van der Waals surface area contributed by atoms with Gasteiger partial charge in [0.1, 0.15) is 24.0 Å². The molecule has 0 saturated heterocycles. The van der Waals surface area contributed by atoms with Gasteiger partial charge in [-0.2, -0.15) is 0 Å². The quantitative estimate of drug-likeness (QED) is 0.160. The van der Waals surface area contributed by atoms with Crippen LogP contribution in [0.15, 0.2) is 194 Å². The zero-order valence-electron chi connectivity index (χ0n) is 39.3. The predicted molar refractivity (Wildman–Crippen MR) is 288 cm³/mol. The molecule has 3 aromatic heterocycles. The third-order valence-corrected chi connectivity index (χ3v) is 14.8. The number of ether oxygens (including phenoxy) is 1. The molecule has 0 atom stereocenters. The number of para-hydroxylation sites is 3. The summed E-state index contributed by atoms with van der Waals surface area (Å²) in [5.41, 5.74) is 13.8. The lowest BCUT2D eigenvalue weighted by atomic mass is 9.86. The van der Waals surface area contributed by atoms with Gasteiger partial charge in [-0.3, -0.25) is 4.57 Å². The van der Waals surface area contributed by atoms with Crippen LogP contribution in [0.25, 0.3) is 70.0 Å². The van der Waals surface area contributed by atoms with Crippen LogP contribution >= 0.6 is 11.3 Å². The first kappa shape index (κ1) is 41.7. The number of fused-ring (bicyclic) bond motifs is 8. The maximum absolute atomic E-state index is 7.10. The zero-order chi connectivity index (χ0) is 46.3. The third-order valence-electron chi connectivity index (χ3n) is 13.6. The molecule has 6 heteroatoms. The smallest absolute Gasteiger partial charge is 0.137 e. The van der Waals surface area contributed by atoms with Gasteiger partial charge in [0.2, 0.25) is 0 Å². The number of hydrogen-bond acceptors (Lipinski definition) is 5. The molecule has 0 radical (unpaired) electrons. The van der Waals surface area contributed by atoms with Gasteiger partial charge in [0, 0.05) is 66.1 Å². The van der Waals surface area contributed by atoms with E-state index in [1.54, 1.807) is 0 Å². The lowest BCUT2D eigenvalue weighted by Crippen LogP contribution is -2.25. The van der Waals surface area contributed by atoms with Crippen molar-refractivity contribution >= 4 is 76.1 Å². The summed E-state index contributed by atoms with van der Waals surface area (Å²) in [7, 11) is 0. The van der Waals surface area contributed by atoms with E-state index in [-0.39, 0.29) is 10.8 Å². The molecule has 0 saturated carbocycles. The van der Waals surface area contributed by atoms with Crippen molar-refractivity contribution in [2.24, 2.45) is 0 Å². The highest BCUT2D eigenvalue weighted by Crippen LogP contribution is 2.51. The number of anilines is 4. The van der Waals surface area contributed by atoms with E-state index in [4.69, 9.17) is 9.72 Å². The molecular formula is C62H52N4OS. The zero-order valence-corrected chi connectivity index (χ0v) is 40.1. The van der Waals surface area contributed by atoms with Crippen LogP contribution in [0, 0.1) is 0 Å². The Bertz CT molecular complexity index is 3670. The van der Waals surface area contributed by atoms with Gasteiger partial charge in [-0.25, -0.2) is 4.98 Å². The fourth-order valence-electron chi connectivity index (χ4n) is 10.1. The molecule has 8 aromatic carbocycles. The van der Waals surface area contributed by atoms with Gasteiger partial charge in [0.25, 0.3) is 0 Å². The molecule has 5 nitrogen and oxygen atoms in total. The summed E-state index contributed by atoms with van der Waals surface area (Å²) in [6, 6.07) is 68.1. The van der Waals surface area contributed by atoms with Crippen LogP contribution in [0.2, 0.25) is 0 Å². The summed E-state index contributed by atoms with van der Waals surface area (Å²) in [5.74, 6) is 2.46. The highest BCUT2D eigenvalue weighted by Gasteiger charge is 2.32. The summed E-state index contributed by atoms with van der Waals surface area (Å²) < 4.78 is 12.0. The molecule has 0 fully saturated rings. The van der Waals surface area contributed by atoms with Gasteiger partial charge >= 0.3 is 0 Å². The van der Waals surface area contributed by atoms with E-state index < -0.39 is 0 Å². The molecule has 0 aliphatic carbocycles. The minimum Gasteiger partial charge on any atom is -0.457 e. The average molecular weight is 901 g/mol. The van der Waals surface area contributed by atoms with Crippen molar-refractivity contribution in [2.75, 3.05) is 16.5 Å². The standard InChI is InChI=1S/C62H52N4OS/c1-61(2,3)42-32-33-63-57(36-42)66-54-31-30-50-49-22-13-16-27-56(49)68-60(50)58(54)51-29-28-45(38-55(51)66)67-46-35-43(62(4,5)6)34-44(37-46)64-39-65(53-26-15-14-25-52(53)64)59-47(40-18-9-7-10-19-40)23-17-24-48(59)41-20-11-8-12-21-41/h7-38H,39H2,1-6H3. The Morgan fingerprint density at radius 1 is 0.500 bits per heavy atom. The van der Waals surface area contributed by atoms with Crippen molar-refractivity contribution < 1.29 is 4.74 Å². The van der Waals surface area contributed by atoms with Crippen LogP contribution in [0.3, 0.4) is 0 Å². The van der Waals surface area contributed by atoms with E-state index >= 15 is 0 Å². The fourth-order valence-corrected chi connectivity index (χ4v) is 11.4. The Hall–Kier alpha value is -7.67. The third kappa shape index (κ3) is 7.10. The molecule has 0 spiro atoms. The summed E-state index contributed by atoms with van der Waals surface area (Å²) in [6.45, 7) is 14.2. The van der Waals surface area contributed by atoms with Crippen LogP contribution in [0.1, 0.15) is 52.7 Å². The molecule has 4 heterocycles. The highest BCUT2D eigenvalue weighted by molar-refractivity contribution is 7.26.